The van der Waals surface area contributed by atoms with Crippen molar-refractivity contribution in [1.82, 2.24) is 4.57 Å². The summed E-state index contributed by atoms with van der Waals surface area (Å²) >= 11 is 0. The molecule has 0 aliphatic heterocycles. The molecule has 0 aliphatic rings. The minimum absolute atomic E-state index is 0.0295. The van der Waals surface area contributed by atoms with E-state index in [1.165, 1.54) is 41.3 Å². The van der Waals surface area contributed by atoms with Gasteiger partial charge >= 0.3 is 5.76 Å². The molecule has 0 atom stereocenters. The van der Waals surface area contributed by atoms with Gasteiger partial charge in [0.05, 0.1) is 16.5 Å². The Bertz CT molecular complexity index is 1040. The van der Waals surface area contributed by atoms with Crippen LogP contribution in [0.25, 0.3) is 11.1 Å². The molecule has 0 unspecified atom stereocenters. The summed E-state index contributed by atoms with van der Waals surface area (Å²) in [7, 11) is 0. The highest BCUT2D eigenvalue weighted by molar-refractivity contribution is 5.93. The Morgan fingerprint density at radius 2 is 1.96 bits per heavy atom. The lowest BCUT2D eigenvalue weighted by molar-refractivity contribution is -0.384. The van der Waals surface area contributed by atoms with Crippen molar-refractivity contribution in [3.05, 3.63) is 68.9 Å². The molecule has 1 amide bonds. The Labute approximate surface area is 146 Å². The van der Waals surface area contributed by atoms with Crippen LogP contribution in [0.2, 0.25) is 0 Å². The first kappa shape index (κ1) is 17.3. The van der Waals surface area contributed by atoms with E-state index in [-0.39, 0.29) is 23.3 Å². The fraction of sp³-hybridized carbons (Fsp3) is 0.176. The molecule has 1 heterocycles. The lowest BCUT2D eigenvalue weighted by Gasteiger charge is -2.21. The van der Waals surface area contributed by atoms with E-state index < -0.39 is 22.4 Å². The van der Waals surface area contributed by atoms with Gasteiger partial charge in [0.1, 0.15) is 12.4 Å². The van der Waals surface area contributed by atoms with Crippen LogP contribution >= 0.6 is 0 Å². The normalized spacial score (nSPS) is 10.8. The fourth-order valence-corrected chi connectivity index (χ4v) is 2.66. The second-order valence-electron chi connectivity index (χ2n) is 5.48. The largest absolute Gasteiger partial charge is 0.420 e. The van der Waals surface area contributed by atoms with Gasteiger partial charge in [-0.05, 0) is 37.3 Å². The molecule has 0 fully saturated rings. The average Bonchev–Trinajstić information content (AvgIpc) is 2.92. The van der Waals surface area contributed by atoms with Crippen molar-refractivity contribution >= 4 is 28.4 Å². The van der Waals surface area contributed by atoms with Crippen LogP contribution in [-0.2, 0) is 11.3 Å². The number of oxazole rings is 1. The average molecular weight is 359 g/mol. The smallest absolute Gasteiger partial charge is 0.407 e. The molecule has 9 heteroatoms. The predicted octanol–water partition coefficient (Wildman–Crippen LogP) is 2.69. The lowest BCUT2D eigenvalue weighted by Crippen LogP contribution is -2.35. The number of nitro benzene ring substituents is 1. The summed E-state index contributed by atoms with van der Waals surface area (Å²) in [6.07, 6.45) is 0. The van der Waals surface area contributed by atoms with Crippen molar-refractivity contribution in [1.29, 1.82) is 0 Å². The van der Waals surface area contributed by atoms with Gasteiger partial charge in [-0.25, -0.2) is 9.18 Å². The first-order valence-electron chi connectivity index (χ1n) is 7.74. The number of non-ortho nitro benzene ring substituents is 1. The zero-order valence-electron chi connectivity index (χ0n) is 13.7. The highest BCUT2D eigenvalue weighted by Crippen LogP contribution is 2.21. The number of anilines is 1. The van der Waals surface area contributed by atoms with Gasteiger partial charge in [0.2, 0.25) is 5.91 Å². The van der Waals surface area contributed by atoms with Gasteiger partial charge in [-0.15, -0.1) is 0 Å². The Morgan fingerprint density at radius 3 is 2.58 bits per heavy atom. The minimum Gasteiger partial charge on any atom is -0.407 e. The van der Waals surface area contributed by atoms with Crippen LogP contribution in [0.15, 0.2) is 51.7 Å². The van der Waals surface area contributed by atoms with Gasteiger partial charge in [-0.3, -0.25) is 19.5 Å². The van der Waals surface area contributed by atoms with Crippen molar-refractivity contribution in [3.8, 4) is 0 Å². The number of benzene rings is 2. The molecule has 2 aromatic carbocycles. The number of amides is 1. The van der Waals surface area contributed by atoms with E-state index >= 15 is 0 Å². The van der Waals surface area contributed by atoms with Crippen LogP contribution in [0.3, 0.4) is 0 Å². The molecule has 0 saturated heterocycles. The minimum atomic E-state index is -0.788. The van der Waals surface area contributed by atoms with E-state index in [4.69, 9.17) is 4.42 Å². The van der Waals surface area contributed by atoms with Crippen molar-refractivity contribution in [3.63, 3.8) is 0 Å². The Hall–Kier alpha value is -3.49. The molecule has 26 heavy (non-hydrogen) atoms. The second kappa shape index (κ2) is 6.79. The molecular weight excluding hydrogens is 345 g/mol. The molecule has 3 rings (SSSR count). The monoisotopic (exact) mass is 359 g/mol. The maximum atomic E-state index is 13.1. The molecule has 0 bridgehead atoms. The van der Waals surface area contributed by atoms with Crippen molar-refractivity contribution in [2.45, 2.75) is 13.5 Å². The number of rotatable bonds is 5. The number of aromatic nitrogens is 1. The first-order chi connectivity index (χ1) is 12.4. The molecule has 8 nitrogen and oxygen atoms in total. The third-order valence-electron chi connectivity index (χ3n) is 3.91. The molecule has 134 valence electrons. The molecule has 0 aliphatic carbocycles. The standard InChI is InChI=1S/C17H14FN3O5/c1-2-19(12-5-3-11(18)4-6-12)16(22)10-20-14-8-7-13(21(24)25)9-15(14)26-17(20)23/h3-9H,2,10H2,1H3. The van der Waals surface area contributed by atoms with Gasteiger partial charge in [-0.1, -0.05) is 0 Å². The quantitative estimate of drug-likeness (QED) is 0.515. The van der Waals surface area contributed by atoms with E-state index in [0.717, 1.165) is 10.6 Å². The maximum Gasteiger partial charge on any atom is 0.420 e. The number of fused-ring (bicyclic) bond motifs is 1. The highest BCUT2D eigenvalue weighted by atomic mass is 19.1. The van der Waals surface area contributed by atoms with E-state index in [1.54, 1.807) is 6.92 Å². The topological polar surface area (TPSA) is 98.6 Å². The number of nitrogens with zero attached hydrogens (tertiary/aromatic N) is 3. The van der Waals surface area contributed by atoms with Crippen LogP contribution in [0.1, 0.15) is 6.92 Å². The maximum absolute atomic E-state index is 13.1. The second-order valence-corrected chi connectivity index (χ2v) is 5.48. The van der Waals surface area contributed by atoms with Crippen LogP contribution in [-0.4, -0.2) is 21.9 Å². The van der Waals surface area contributed by atoms with E-state index in [9.17, 15) is 24.1 Å². The number of halogens is 1. The number of hydrogen-bond donors (Lipinski definition) is 0. The SMILES string of the molecule is CCN(C(=O)Cn1c(=O)oc2cc([N+](=O)[O-])ccc21)c1ccc(F)cc1. The number of hydrogen-bond acceptors (Lipinski definition) is 5. The number of nitro groups is 1. The van der Waals surface area contributed by atoms with E-state index in [1.807, 2.05) is 0 Å². The molecule has 0 N–H and O–H groups in total. The zero-order chi connectivity index (χ0) is 18.8. The molecule has 0 saturated carbocycles. The summed E-state index contributed by atoms with van der Waals surface area (Å²) in [6.45, 7) is 1.76. The third kappa shape index (κ3) is 3.18. The third-order valence-corrected chi connectivity index (χ3v) is 3.91. The molecule has 1 aromatic heterocycles. The van der Waals surface area contributed by atoms with Crippen LogP contribution in [0.4, 0.5) is 15.8 Å². The lowest BCUT2D eigenvalue weighted by atomic mass is 10.2. The fourth-order valence-electron chi connectivity index (χ4n) is 2.66. The summed E-state index contributed by atoms with van der Waals surface area (Å²) in [4.78, 5) is 36.3. The number of carbonyl (C=O) groups is 1. The Kier molecular flexibility index (Phi) is 4.53. The molecular formula is C17H14FN3O5. The van der Waals surface area contributed by atoms with Crippen LogP contribution in [0, 0.1) is 15.9 Å². The summed E-state index contributed by atoms with van der Waals surface area (Å²) in [5.74, 6) is -1.61. The number of carbonyl (C=O) groups excluding carboxylic acids is 1. The van der Waals surface area contributed by atoms with E-state index in [2.05, 4.69) is 0 Å². The predicted molar refractivity (Wildman–Crippen MR) is 91.6 cm³/mol. The van der Waals surface area contributed by atoms with Gasteiger partial charge in [-0.2, -0.15) is 0 Å². The summed E-state index contributed by atoms with van der Waals surface area (Å²) in [5, 5.41) is 10.8. The van der Waals surface area contributed by atoms with Crippen LogP contribution < -0.4 is 10.7 Å². The van der Waals surface area contributed by atoms with Crippen molar-refractivity contribution in [2.75, 3.05) is 11.4 Å². The van der Waals surface area contributed by atoms with Gasteiger partial charge in [0.15, 0.2) is 5.58 Å². The van der Waals surface area contributed by atoms with Gasteiger partial charge < -0.3 is 9.32 Å². The highest BCUT2D eigenvalue weighted by Gasteiger charge is 2.20. The summed E-state index contributed by atoms with van der Waals surface area (Å²) in [6, 6.07) is 9.14. The molecule has 3 aromatic rings. The van der Waals surface area contributed by atoms with Gasteiger partial charge in [0.25, 0.3) is 5.69 Å². The molecule has 0 radical (unpaired) electrons. The Balaban J connectivity index is 1.93. The zero-order valence-corrected chi connectivity index (χ0v) is 13.7. The molecule has 0 spiro atoms. The first-order valence-corrected chi connectivity index (χ1v) is 7.74. The van der Waals surface area contributed by atoms with Crippen molar-refractivity contribution < 1.29 is 18.5 Å². The summed E-state index contributed by atoms with van der Waals surface area (Å²) in [5.41, 5.74) is 0.590. The Morgan fingerprint density at radius 1 is 1.27 bits per heavy atom. The number of likely N-dealkylation sites (N-methyl/N-ethyl adjacent to an activating group) is 1. The van der Waals surface area contributed by atoms with E-state index in [0.29, 0.717) is 12.2 Å². The summed E-state index contributed by atoms with van der Waals surface area (Å²) < 4.78 is 19.2. The van der Waals surface area contributed by atoms with Crippen LogP contribution in [0.5, 0.6) is 0 Å². The van der Waals surface area contributed by atoms with Gasteiger partial charge in [0, 0.05) is 18.3 Å². The van der Waals surface area contributed by atoms with Crippen molar-refractivity contribution in [2.24, 2.45) is 0 Å².